The summed E-state index contributed by atoms with van der Waals surface area (Å²) >= 11 is 0. The smallest absolute Gasteiger partial charge is 0.393 e. The molecule has 27 heavy (non-hydrogen) atoms. The van der Waals surface area contributed by atoms with Crippen molar-refractivity contribution in [3.63, 3.8) is 0 Å². The van der Waals surface area contributed by atoms with Crippen LogP contribution in [-0.2, 0) is 22.8 Å². The highest BCUT2D eigenvalue weighted by molar-refractivity contribution is 6.71. The second kappa shape index (κ2) is 11.1. The van der Waals surface area contributed by atoms with Crippen molar-refractivity contribution in [1.82, 2.24) is 5.32 Å². The van der Waals surface area contributed by atoms with E-state index in [1.807, 2.05) is 6.92 Å². The van der Waals surface area contributed by atoms with E-state index in [1.165, 1.54) is 0 Å². The average Bonchev–Trinajstić information content (AvgIpc) is 2.43. The van der Waals surface area contributed by atoms with E-state index in [0.717, 1.165) is 6.04 Å². The van der Waals surface area contributed by atoms with Gasteiger partial charge in [0.05, 0.1) is 6.54 Å². The number of ether oxygens (including phenoxy) is 1. The molecule has 1 N–H and O–H groups in total. The van der Waals surface area contributed by atoms with Crippen LogP contribution in [0.25, 0.3) is 0 Å². The summed E-state index contributed by atoms with van der Waals surface area (Å²) in [6.07, 6.45) is 0.226. The maximum absolute atomic E-state index is 11.7. The zero-order valence-electron chi connectivity index (χ0n) is 18.2. The lowest BCUT2D eigenvalue weighted by Crippen LogP contribution is -2.48. The van der Waals surface area contributed by atoms with E-state index in [4.69, 9.17) is 18.0 Å². The Morgan fingerprint density at radius 1 is 1.07 bits per heavy atom. The van der Waals surface area contributed by atoms with E-state index in [2.05, 4.69) is 51.2 Å². The summed E-state index contributed by atoms with van der Waals surface area (Å²) in [5.41, 5.74) is 0.328. The van der Waals surface area contributed by atoms with Gasteiger partial charge in [0.1, 0.15) is 12.4 Å². The number of carbonyl (C=O) groups excluding carboxylic acids is 2. The van der Waals surface area contributed by atoms with Crippen LogP contribution >= 0.6 is 0 Å². The standard InChI is InChI=1S/C17H37NO6Si3/c1-14(2)15(19)21-12-11-18-16(20)22-25-13-10-17(3,23-26(4,5)6)24-27(7,8)9/h1,10-13,25H2,2-9H3,(H,18,20). The normalized spacial score (nSPS) is 12.9. The van der Waals surface area contributed by atoms with Crippen LogP contribution in [0.1, 0.15) is 20.3 Å². The van der Waals surface area contributed by atoms with E-state index in [9.17, 15) is 9.59 Å². The Morgan fingerprint density at radius 2 is 1.59 bits per heavy atom. The number of hydrogen-bond acceptors (Lipinski definition) is 6. The fraction of sp³-hybridized carbons (Fsp3) is 0.765. The fourth-order valence-corrected chi connectivity index (χ4v) is 6.63. The summed E-state index contributed by atoms with van der Waals surface area (Å²) in [6.45, 7) is 20.2. The predicted molar refractivity (Wildman–Crippen MR) is 115 cm³/mol. The number of hydrogen-bond donors (Lipinski definition) is 1. The summed E-state index contributed by atoms with van der Waals surface area (Å²) in [4.78, 5) is 22.9. The van der Waals surface area contributed by atoms with Crippen molar-refractivity contribution in [3.8, 4) is 0 Å². The van der Waals surface area contributed by atoms with Gasteiger partial charge < -0.3 is 23.3 Å². The average molecular weight is 436 g/mol. The van der Waals surface area contributed by atoms with Crippen molar-refractivity contribution in [3.05, 3.63) is 12.2 Å². The first-order valence-corrected chi connectivity index (χ1v) is 17.7. The van der Waals surface area contributed by atoms with Crippen LogP contribution in [0.15, 0.2) is 12.2 Å². The zero-order valence-corrected chi connectivity index (χ0v) is 21.6. The van der Waals surface area contributed by atoms with Crippen LogP contribution in [0.2, 0.25) is 45.3 Å². The Labute approximate surface area is 168 Å². The van der Waals surface area contributed by atoms with Crippen molar-refractivity contribution in [2.45, 2.75) is 71.4 Å². The minimum Gasteiger partial charge on any atom is -0.509 e. The molecular formula is C17H37NO6Si3. The lowest BCUT2D eigenvalue weighted by atomic mass is 10.2. The number of esters is 1. The third-order valence-corrected chi connectivity index (χ3v) is 6.20. The number of amides is 1. The topological polar surface area (TPSA) is 83.1 Å². The Hall–Kier alpha value is -0.949. The second-order valence-electron chi connectivity index (χ2n) is 8.65. The van der Waals surface area contributed by atoms with Gasteiger partial charge in [0.25, 0.3) is 0 Å². The predicted octanol–water partition coefficient (Wildman–Crippen LogP) is 3.14. The van der Waals surface area contributed by atoms with Crippen molar-refractivity contribution in [2.75, 3.05) is 13.2 Å². The Morgan fingerprint density at radius 3 is 2.04 bits per heavy atom. The van der Waals surface area contributed by atoms with E-state index >= 15 is 0 Å². The highest BCUT2D eigenvalue weighted by Crippen LogP contribution is 2.28. The van der Waals surface area contributed by atoms with Gasteiger partial charge in [-0.15, -0.1) is 0 Å². The maximum atomic E-state index is 11.7. The van der Waals surface area contributed by atoms with Crippen molar-refractivity contribution in [1.29, 1.82) is 0 Å². The first-order valence-electron chi connectivity index (χ1n) is 9.27. The molecule has 0 aromatic carbocycles. The molecule has 0 saturated heterocycles. The first-order chi connectivity index (χ1) is 12.1. The summed E-state index contributed by atoms with van der Waals surface area (Å²) in [5.74, 6) is -1.10. The van der Waals surface area contributed by atoms with Crippen LogP contribution in [0.3, 0.4) is 0 Å². The van der Waals surface area contributed by atoms with Gasteiger partial charge in [-0.3, -0.25) is 0 Å². The highest BCUT2D eigenvalue weighted by atomic mass is 28.4. The SMILES string of the molecule is C=C(C)C(=O)OCCNC(=O)O[SiH2]CCC(C)(O[Si](C)(C)C)O[Si](C)(C)C. The van der Waals surface area contributed by atoms with E-state index < -0.39 is 44.2 Å². The molecule has 158 valence electrons. The van der Waals surface area contributed by atoms with E-state index in [1.54, 1.807) is 6.92 Å². The van der Waals surface area contributed by atoms with Crippen LogP contribution in [-0.4, -0.2) is 57.4 Å². The largest absolute Gasteiger partial charge is 0.509 e. The van der Waals surface area contributed by atoms with Crippen molar-refractivity contribution >= 4 is 38.5 Å². The lowest BCUT2D eigenvalue weighted by molar-refractivity contribution is -0.138. The molecule has 0 atom stereocenters. The summed E-state index contributed by atoms with van der Waals surface area (Å²) < 4.78 is 22.8. The highest BCUT2D eigenvalue weighted by Gasteiger charge is 2.36. The second-order valence-corrected chi connectivity index (χ2v) is 18.9. The van der Waals surface area contributed by atoms with Crippen molar-refractivity contribution in [2.24, 2.45) is 0 Å². The summed E-state index contributed by atoms with van der Waals surface area (Å²) in [6, 6.07) is 0.767. The monoisotopic (exact) mass is 435 g/mol. The molecule has 0 aliphatic rings. The quantitative estimate of drug-likeness (QED) is 0.167. The van der Waals surface area contributed by atoms with Gasteiger partial charge in [0.2, 0.25) is 9.76 Å². The summed E-state index contributed by atoms with van der Waals surface area (Å²) in [5, 5.41) is 2.57. The molecule has 0 bridgehead atoms. The molecule has 7 nitrogen and oxygen atoms in total. The molecule has 0 rings (SSSR count). The molecular weight excluding hydrogens is 398 g/mol. The Bertz CT molecular complexity index is 498. The maximum Gasteiger partial charge on any atom is 0.393 e. The van der Waals surface area contributed by atoms with E-state index in [-0.39, 0.29) is 13.2 Å². The molecule has 10 heteroatoms. The molecule has 0 radical (unpaired) electrons. The third-order valence-electron chi connectivity index (χ3n) is 3.01. The first kappa shape index (κ1) is 26.1. The fourth-order valence-electron chi connectivity index (χ4n) is 2.45. The molecule has 0 aromatic heterocycles. The molecule has 0 unspecified atom stereocenters. The van der Waals surface area contributed by atoms with Crippen LogP contribution in [0.5, 0.6) is 0 Å². The number of rotatable bonds is 12. The van der Waals surface area contributed by atoms with Crippen LogP contribution in [0.4, 0.5) is 4.79 Å². The van der Waals surface area contributed by atoms with Crippen molar-refractivity contribution < 1.29 is 27.6 Å². The lowest BCUT2D eigenvalue weighted by Gasteiger charge is -2.40. The molecule has 1 amide bonds. The number of nitrogens with one attached hydrogen (secondary N) is 1. The van der Waals surface area contributed by atoms with Gasteiger partial charge in [-0.05, 0) is 65.6 Å². The molecule has 0 saturated carbocycles. The molecule has 0 aliphatic carbocycles. The molecule has 0 heterocycles. The van der Waals surface area contributed by atoms with Crippen LogP contribution in [0, 0.1) is 0 Å². The minimum atomic E-state index is -1.77. The summed E-state index contributed by atoms with van der Waals surface area (Å²) in [7, 11) is -4.59. The van der Waals surface area contributed by atoms with Crippen LogP contribution < -0.4 is 5.32 Å². The minimum absolute atomic E-state index is 0.0918. The van der Waals surface area contributed by atoms with Gasteiger partial charge in [-0.1, -0.05) is 6.58 Å². The third kappa shape index (κ3) is 14.7. The van der Waals surface area contributed by atoms with Gasteiger partial charge in [-0.2, -0.15) is 0 Å². The molecule has 0 aliphatic heterocycles. The van der Waals surface area contributed by atoms with Gasteiger partial charge in [-0.25, -0.2) is 9.59 Å². The molecule has 0 fully saturated rings. The van der Waals surface area contributed by atoms with Gasteiger partial charge >= 0.3 is 12.1 Å². The molecule has 0 spiro atoms. The number of carbonyl (C=O) groups is 2. The zero-order chi connectivity index (χ0) is 21.3. The Balaban J connectivity index is 4.23. The van der Waals surface area contributed by atoms with Gasteiger partial charge in [0.15, 0.2) is 16.6 Å². The Kier molecular flexibility index (Phi) is 10.8. The molecule has 0 aromatic rings. The van der Waals surface area contributed by atoms with E-state index in [0.29, 0.717) is 12.0 Å². The van der Waals surface area contributed by atoms with Gasteiger partial charge in [0, 0.05) is 5.57 Å².